The molecule has 0 radical (unpaired) electrons. The van der Waals surface area contributed by atoms with Crippen molar-refractivity contribution in [3.63, 3.8) is 0 Å². The summed E-state index contributed by atoms with van der Waals surface area (Å²) in [5.74, 6) is 0.232. The van der Waals surface area contributed by atoms with E-state index in [0.29, 0.717) is 5.75 Å². The first-order valence-electron chi connectivity index (χ1n) is 5.84. The van der Waals surface area contributed by atoms with Crippen LogP contribution in [0.1, 0.15) is 6.92 Å². The van der Waals surface area contributed by atoms with Crippen LogP contribution in [0.25, 0.3) is 21.7 Å². The molecule has 0 spiro atoms. The van der Waals surface area contributed by atoms with Gasteiger partial charge in [-0.3, -0.25) is 9.78 Å². The molecule has 0 atom stereocenters. The fraction of sp³-hybridized carbons (Fsp3) is 0.0667. The Hall–Kier alpha value is -2.62. The first-order chi connectivity index (χ1) is 9.15. The summed E-state index contributed by atoms with van der Waals surface area (Å²) in [4.78, 5) is 15.5. The monoisotopic (exact) mass is 253 g/mol. The highest BCUT2D eigenvalue weighted by Crippen LogP contribution is 2.33. The number of esters is 1. The SMILES string of the molecule is CC(=O)Oc1cccc2ncc3ccc(O)cc3c12. The smallest absolute Gasteiger partial charge is 0.308 e. The fourth-order valence-electron chi connectivity index (χ4n) is 2.15. The molecule has 3 rings (SSSR count). The van der Waals surface area contributed by atoms with Crippen LogP contribution in [-0.2, 0) is 4.79 Å². The minimum absolute atomic E-state index is 0.164. The lowest BCUT2D eigenvalue weighted by atomic mass is 10.1. The largest absolute Gasteiger partial charge is 0.508 e. The van der Waals surface area contributed by atoms with E-state index in [-0.39, 0.29) is 11.7 Å². The standard InChI is InChI=1S/C15H11NO3/c1-9(17)19-14-4-2-3-13-15(14)12-7-11(18)6-5-10(12)8-16-13/h2-8,18H,1H3. The second kappa shape index (κ2) is 4.24. The van der Waals surface area contributed by atoms with Crippen molar-refractivity contribution in [2.75, 3.05) is 0 Å². The van der Waals surface area contributed by atoms with Crippen LogP contribution in [0.15, 0.2) is 42.6 Å². The van der Waals surface area contributed by atoms with Crippen molar-refractivity contribution in [1.82, 2.24) is 4.98 Å². The Labute approximate surface area is 109 Å². The summed E-state index contributed by atoms with van der Waals surface area (Å²) in [6.45, 7) is 1.36. The van der Waals surface area contributed by atoms with Gasteiger partial charge in [-0.2, -0.15) is 0 Å². The third kappa shape index (κ3) is 1.97. The number of hydrogen-bond acceptors (Lipinski definition) is 4. The number of hydrogen-bond donors (Lipinski definition) is 1. The number of ether oxygens (including phenoxy) is 1. The lowest BCUT2D eigenvalue weighted by Gasteiger charge is -2.08. The summed E-state index contributed by atoms with van der Waals surface area (Å²) in [6.07, 6.45) is 1.73. The first kappa shape index (κ1) is 11.5. The quantitative estimate of drug-likeness (QED) is 0.411. The van der Waals surface area contributed by atoms with Crippen molar-refractivity contribution in [3.8, 4) is 11.5 Å². The molecular weight excluding hydrogens is 242 g/mol. The minimum Gasteiger partial charge on any atom is -0.508 e. The van der Waals surface area contributed by atoms with Crippen molar-refractivity contribution in [1.29, 1.82) is 0 Å². The molecule has 0 aliphatic rings. The molecule has 0 unspecified atom stereocenters. The van der Waals surface area contributed by atoms with Gasteiger partial charge in [0.2, 0.25) is 0 Å². The number of fused-ring (bicyclic) bond motifs is 3. The average Bonchev–Trinajstić information content (AvgIpc) is 2.37. The molecule has 4 nitrogen and oxygen atoms in total. The Bertz CT molecular complexity index is 796. The van der Waals surface area contributed by atoms with E-state index in [2.05, 4.69) is 4.98 Å². The third-order valence-corrected chi connectivity index (χ3v) is 2.91. The van der Waals surface area contributed by atoms with E-state index < -0.39 is 0 Å². The van der Waals surface area contributed by atoms with E-state index in [9.17, 15) is 9.90 Å². The molecular formula is C15H11NO3. The van der Waals surface area contributed by atoms with E-state index in [1.165, 1.54) is 6.92 Å². The number of benzene rings is 2. The molecule has 0 saturated carbocycles. The molecule has 0 bridgehead atoms. The molecule has 0 aliphatic heterocycles. The number of phenols is 1. The van der Waals surface area contributed by atoms with Gasteiger partial charge >= 0.3 is 5.97 Å². The predicted molar refractivity (Wildman–Crippen MR) is 72.2 cm³/mol. The summed E-state index contributed by atoms with van der Waals surface area (Å²) in [5, 5.41) is 12.0. The predicted octanol–water partition coefficient (Wildman–Crippen LogP) is 3.02. The second-order valence-corrected chi connectivity index (χ2v) is 4.27. The summed E-state index contributed by atoms with van der Waals surface area (Å²) in [7, 11) is 0. The Morgan fingerprint density at radius 1 is 1.26 bits per heavy atom. The maximum atomic E-state index is 11.2. The maximum absolute atomic E-state index is 11.2. The Balaban J connectivity index is 2.43. The number of aromatic hydroxyl groups is 1. The van der Waals surface area contributed by atoms with Crippen molar-refractivity contribution in [3.05, 3.63) is 42.6 Å². The van der Waals surface area contributed by atoms with Crippen LogP contribution in [0.2, 0.25) is 0 Å². The average molecular weight is 253 g/mol. The number of carbonyl (C=O) groups excluding carboxylic acids is 1. The van der Waals surface area contributed by atoms with Gasteiger partial charge in [0.05, 0.1) is 10.9 Å². The molecule has 1 N–H and O–H groups in total. The molecule has 2 aromatic carbocycles. The molecule has 94 valence electrons. The van der Waals surface area contributed by atoms with E-state index in [1.54, 1.807) is 36.5 Å². The summed E-state index contributed by atoms with van der Waals surface area (Å²) >= 11 is 0. The normalized spacial score (nSPS) is 10.8. The first-order valence-corrected chi connectivity index (χ1v) is 5.84. The van der Waals surface area contributed by atoms with E-state index in [0.717, 1.165) is 21.7 Å². The number of phenolic OH excluding ortho intramolecular Hbond substituents is 1. The molecule has 0 aliphatic carbocycles. The van der Waals surface area contributed by atoms with Gasteiger partial charge in [-0.15, -0.1) is 0 Å². The highest BCUT2D eigenvalue weighted by atomic mass is 16.5. The van der Waals surface area contributed by atoms with Gasteiger partial charge in [0.15, 0.2) is 0 Å². The van der Waals surface area contributed by atoms with Gasteiger partial charge in [0, 0.05) is 23.9 Å². The lowest BCUT2D eigenvalue weighted by Crippen LogP contribution is -2.02. The van der Waals surface area contributed by atoms with Crippen molar-refractivity contribution < 1.29 is 14.6 Å². The zero-order valence-corrected chi connectivity index (χ0v) is 10.3. The molecule has 1 aromatic heterocycles. The zero-order chi connectivity index (χ0) is 13.4. The Morgan fingerprint density at radius 3 is 2.89 bits per heavy atom. The minimum atomic E-state index is -0.385. The van der Waals surface area contributed by atoms with Gasteiger partial charge < -0.3 is 9.84 Å². The highest BCUT2D eigenvalue weighted by Gasteiger charge is 2.10. The third-order valence-electron chi connectivity index (χ3n) is 2.91. The van der Waals surface area contributed by atoms with Crippen LogP contribution in [0.4, 0.5) is 0 Å². The van der Waals surface area contributed by atoms with Gasteiger partial charge in [0.25, 0.3) is 0 Å². The molecule has 1 heterocycles. The van der Waals surface area contributed by atoms with Crippen LogP contribution < -0.4 is 4.74 Å². The van der Waals surface area contributed by atoms with Gasteiger partial charge in [-0.05, 0) is 30.3 Å². The van der Waals surface area contributed by atoms with E-state index in [4.69, 9.17) is 4.74 Å². The summed E-state index contributed by atoms with van der Waals surface area (Å²) in [6, 6.07) is 10.4. The van der Waals surface area contributed by atoms with Crippen molar-refractivity contribution in [2.45, 2.75) is 6.92 Å². The highest BCUT2D eigenvalue weighted by molar-refractivity contribution is 6.09. The fourth-order valence-corrected chi connectivity index (χ4v) is 2.15. The van der Waals surface area contributed by atoms with Gasteiger partial charge in [0.1, 0.15) is 11.5 Å². The number of rotatable bonds is 1. The maximum Gasteiger partial charge on any atom is 0.308 e. The number of aromatic nitrogens is 1. The number of nitrogens with zero attached hydrogens (tertiary/aromatic N) is 1. The van der Waals surface area contributed by atoms with Crippen LogP contribution in [0.3, 0.4) is 0 Å². The molecule has 19 heavy (non-hydrogen) atoms. The number of pyridine rings is 1. The van der Waals surface area contributed by atoms with Gasteiger partial charge in [-0.25, -0.2) is 0 Å². The molecule has 0 fully saturated rings. The molecule has 4 heteroatoms. The van der Waals surface area contributed by atoms with E-state index >= 15 is 0 Å². The van der Waals surface area contributed by atoms with Gasteiger partial charge in [-0.1, -0.05) is 6.07 Å². The van der Waals surface area contributed by atoms with Crippen LogP contribution in [0, 0.1) is 0 Å². The Morgan fingerprint density at radius 2 is 2.11 bits per heavy atom. The van der Waals surface area contributed by atoms with E-state index in [1.807, 2.05) is 6.07 Å². The van der Waals surface area contributed by atoms with Crippen molar-refractivity contribution >= 4 is 27.6 Å². The number of carbonyl (C=O) groups is 1. The second-order valence-electron chi connectivity index (χ2n) is 4.27. The van der Waals surface area contributed by atoms with Crippen LogP contribution in [-0.4, -0.2) is 16.1 Å². The lowest BCUT2D eigenvalue weighted by molar-refractivity contribution is -0.131. The summed E-state index contributed by atoms with van der Waals surface area (Å²) < 4.78 is 5.21. The zero-order valence-electron chi connectivity index (χ0n) is 10.3. The molecule has 0 amide bonds. The van der Waals surface area contributed by atoms with Crippen LogP contribution >= 0.6 is 0 Å². The molecule has 3 aromatic rings. The Kier molecular flexibility index (Phi) is 2.56. The topological polar surface area (TPSA) is 59.4 Å². The summed E-state index contributed by atoms with van der Waals surface area (Å²) in [5.41, 5.74) is 0.719. The van der Waals surface area contributed by atoms with Crippen LogP contribution in [0.5, 0.6) is 11.5 Å². The molecule has 0 saturated heterocycles. The van der Waals surface area contributed by atoms with Crippen molar-refractivity contribution in [2.24, 2.45) is 0 Å².